The number of carboxylic acid groups (broad SMARTS) is 1. The van der Waals surface area contributed by atoms with Gasteiger partial charge in [-0.2, -0.15) is 5.10 Å². The van der Waals surface area contributed by atoms with Gasteiger partial charge in [-0.05, 0) is 37.0 Å². The molecule has 0 spiro atoms. The Hall–Kier alpha value is -2.90. The van der Waals surface area contributed by atoms with Crippen molar-refractivity contribution in [3.63, 3.8) is 0 Å². The number of benzene rings is 1. The number of hydrogen-bond donors (Lipinski definition) is 2. The van der Waals surface area contributed by atoms with Gasteiger partial charge in [0, 0.05) is 13.1 Å². The Kier molecular flexibility index (Phi) is 5.96. The summed E-state index contributed by atoms with van der Waals surface area (Å²) >= 11 is 0. The summed E-state index contributed by atoms with van der Waals surface area (Å²) in [4.78, 5) is 25.7. The Morgan fingerprint density at radius 1 is 1.36 bits per heavy atom. The Balaban J connectivity index is 1.82. The van der Waals surface area contributed by atoms with Crippen LogP contribution in [-0.2, 0) is 11.2 Å². The lowest BCUT2D eigenvalue weighted by atomic mass is 9.91. The number of carbonyl (C=O) groups is 2. The van der Waals surface area contributed by atoms with E-state index in [4.69, 9.17) is 0 Å². The third kappa shape index (κ3) is 4.32. The Labute approximate surface area is 163 Å². The topological polar surface area (TPSA) is 87.5 Å². The highest BCUT2D eigenvalue weighted by Crippen LogP contribution is 2.25. The second kappa shape index (κ2) is 8.41. The summed E-state index contributed by atoms with van der Waals surface area (Å²) < 4.78 is 15.2. The summed E-state index contributed by atoms with van der Waals surface area (Å²) in [6.07, 6.45) is 3.60. The minimum atomic E-state index is -0.880. The second-order valence-electron chi connectivity index (χ2n) is 7.36. The van der Waals surface area contributed by atoms with E-state index < -0.39 is 11.9 Å². The van der Waals surface area contributed by atoms with Crippen LogP contribution >= 0.6 is 0 Å². The number of anilines is 1. The molecule has 8 heteroatoms. The largest absolute Gasteiger partial charge is 0.481 e. The zero-order chi connectivity index (χ0) is 20.3. The summed E-state index contributed by atoms with van der Waals surface area (Å²) in [5.74, 6) is -1.68. The number of nitrogens with zero attached hydrogens (tertiary/aromatic N) is 3. The molecule has 0 saturated carbocycles. The van der Waals surface area contributed by atoms with E-state index in [1.54, 1.807) is 27.9 Å². The van der Waals surface area contributed by atoms with E-state index in [2.05, 4.69) is 10.4 Å². The van der Waals surface area contributed by atoms with Crippen LogP contribution in [0.25, 0.3) is 5.69 Å². The molecule has 0 aliphatic carbocycles. The second-order valence-corrected chi connectivity index (χ2v) is 7.36. The number of piperidine rings is 1. The molecule has 2 N–H and O–H groups in total. The van der Waals surface area contributed by atoms with Crippen molar-refractivity contribution in [3.05, 3.63) is 42.0 Å². The van der Waals surface area contributed by atoms with Crippen molar-refractivity contribution in [1.29, 1.82) is 0 Å². The predicted octanol–water partition coefficient (Wildman–Crippen LogP) is 3.54. The molecule has 1 saturated heterocycles. The molecule has 1 fully saturated rings. The summed E-state index contributed by atoms with van der Waals surface area (Å²) in [5.41, 5.74) is 1.92. The molecule has 150 valence electrons. The van der Waals surface area contributed by atoms with Gasteiger partial charge in [-0.15, -0.1) is 0 Å². The maximum Gasteiger partial charge on any atom is 0.321 e. The molecular weight excluding hydrogens is 363 g/mol. The van der Waals surface area contributed by atoms with Gasteiger partial charge in [0.15, 0.2) is 0 Å². The molecular formula is C20H25FN4O3. The molecule has 1 aliphatic heterocycles. The van der Waals surface area contributed by atoms with Crippen molar-refractivity contribution in [2.24, 2.45) is 11.8 Å². The fourth-order valence-electron chi connectivity index (χ4n) is 3.68. The Morgan fingerprint density at radius 2 is 2.14 bits per heavy atom. The minimum absolute atomic E-state index is 0.116. The summed E-state index contributed by atoms with van der Waals surface area (Å²) in [7, 11) is 0. The standard InChI is InChI=1S/C20H25FN4O3/c1-3-5-18-17(10-22-25(18)16-7-4-6-15(21)9-16)23-20(28)24-11-13(2)8-14(12-24)19(26)27/h4,6-7,9-10,13-14H,3,5,8,11-12H2,1-2H3,(H,23,28)(H,26,27). The van der Waals surface area contributed by atoms with Crippen molar-refractivity contribution in [2.45, 2.75) is 33.1 Å². The maximum absolute atomic E-state index is 13.6. The molecule has 1 aromatic carbocycles. The van der Waals surface area contributed by atoms with Crippen LogP contribution in [0.2, 0.25) is 0 Å². The van der Waals surface area contributed by atoms with Crippen LogP contribution < -0.4 is 5.32 Å². The predicted molar refractivity (Wildman–Crippen MR) is 103 cm³/mol. The van der Waals surface area contributed by atoms with Crippen molar-refractivity contribution < 1.29 is 19.1 Å². The fraction of sp³-hybridized carbons (Fsp3) is 0.450. The summed E-state index contributed by atoms with van der Waals surface area (Å²) in [6, 6.07) is 5.79. The van der Waals surface area contributed by atoms with Crippen molar-refractivity contribution in [1.82, 2.24) is 14.7 Å². The first-order valence-corrected chi connectivity index (χ1v) is 9.50. The number of aromatic nitrogens is 2. The SMILES string of the molecule is CCCc1c(NC(=O)N2CC(C)CC(C(=O)O)C2)cnn1-c1cccc(F)c1. The van der Waals surface area contributed by atoms with E-state index in [1.807, 2.05) is 13.8 Å². The minimum Gasteiger partial charge on any atom is -0.481 e. The van der Waals surface area contributed by atoms with E-state index in [9.17, 15) is 19.1 Å². The molecule has 7 nitrogen and oxygen atoms in total. The van der Waals surface area contributed by atoms with Gasteiger partial charge in [-0.1, -0.05) is 26.3 Å². The first-order valence-electron chi connectivity index (χ1n) is 9.50. The average Bonchev–Trinajstić information content (AvgIpc) is 3.04. The third-order valence-corrected chi connectivity index (χ3v) is 4.95. The lowest BCUT2D eigenvalue weighted by molar-refractivity contribution is -0.143. The number of nitrogens with one attached hydrogen (secondary N) is 1. The number of hydrogen-bond acceptors (Lipinski definition) is 3. The highest BCUT2D eigenvalue weighted by molar-refractivity contribution is 5.90. The third-order valence-electron chi connectivity index (χ3n) is 4.95. The molecule has 0 bridgehead atoms. The molecule has 3 rings (SSSR count). The highest BCUT2D eigenvalue weighted by atomic mass is 19.1. The molecule has 2 aromatic rings. The molecule has 2 amide bonds. The Bertz CT molecular complexity index is 867. The molecule has 1 aliphatic rings. The number of urea groups is 1. The van der Waals surface area contributed by atoms with Gasteiger partial charge >= 0.3 is 12.0 Å². The van der Waals surface area contributed by atoms with Gasteiger partial charge in [0.1, 0.15) is 5.82 Å². The quantitative estimate of drug-likeness (QED) is 0.820. The first kappa shape index (κ1) is 19.9. The van der Waals surface area contributed by atoms with Crippen LogP contribution in [0.15, 0.2) is 30.5 Å². The van der Waals surface area contributed by atoms with Gasteiger partial charge in [0.05, 0.1) is 29.2 Å². The molecule has 2 heterocycles. The zero-order valence-corrected chi connectivity index (χ0v) is 16.1. The van der Waals surface area contributed by atoms with Crippen LogP contribution in [0, 0.1) is 17.7 Å². The van der Waals surface area contributed by atoms with Crippen LogP contribution in [0.1, 0.15) is 32.4 Å². The van der Waals surface area contributed by atoms with Gasteiger partial charge in [0.2, 0.25) is 0 Å². The smallest absolute Gasteiger partial charge is 0.321 e. The van der Waals surface area contributed by atoms with Crippen LogP contribution in [0.5, 0.6) is 0 Å². The normalized spacial score (nSPS) is 19.5. The van der Waals surface area contributed by atoms with Gasteiger partial charge in [-0.25, -0.2) is 13.9 Å². The zero-order valence-electron chi connectivity index (χ0n) is 16.1. The lowest BCUT2D eigenvalue weighted by Crippen LogP contribution is -2.47. The number of carboxylic acids is 1. The van der Waals surface area contributed by atoms with Crippen LogP contribution in [0.4, 0.5) is 14.9 Å². The summed E-state index contributed by atoms with van der Waals surface area (Å²) in [5, 5.41) is 16.5. The number of aliphatic carboxylic acids is 1. The number of amides is 2. The van der Waals surface area contributed by atoms with Crippen LogP contribution in [-0.4, -0.2) is 44.9 Å². The first-order chi connectivity index (χ1) is 13.4. The number of carbonyl (C=O) groups excluding carboxylic acids is 1. The molecule has 2 atom stereocenters. The Morgan fingerprint density at radius 3 is 2.82 bits per heavy atom. The van der Waals surface area contributed by atoms with Crippen molar-refractivity contribution in [2.75, 3.05) is 18.4 Å². The van der Waals surface area contributed by atoms with E-state index in [-0.39, 0.29) is 24.3 Å². The number of rotatable bonds is 5. The van der Waals surface area contributed by atoms with E-state index in [0.717, 1.165) is 12.1 Å². The molecule has 1 aromatic heterocycles. The summed E-state index contributed by atoms with van der Waals surface area (Å²) in [6.45, 7) is 4.65. The molecule has 2 unspecified atom stereocenters. The van der Waals surface area contributed by atoms with Crippen molar-refractivity contribution >= 4 is 17.7 Å². The van der Waals surface area contributed by atoms with E-state index in [0.29, 0.717) is 30.8 Å². The van der Waals surface area contributed by atoms with Gasteiger partial charge in [-0.3, -0.25) is 4.79 Å². The highest BCUT2D eigenvalue weighted by Gasteiger charge is 2.32. The monoisotopic (exact) mass is 388 g/mol. The fourth-order valence-corrected chi connectivity index (χ4v) is 3.68. The maximum atomic E-state index is 13.6. The van der Waals surface area contributed by atoms with Gasteiger partial charge in [0.25, 0.3) is 0 Å². The van der Waals surface area contributed by atoms with E-state index in [1.165, 1.54) is 12.1 Å². The van der Waals surface area contributed by atoms with E-state index >= 15 is 0 Å². The number of halogens is 1. The van der Waals surface area contributed by atoms with Crippen LogP contribution in [0.3, 0.4) is 0 Å². The molecule has 28 heavy (non-hydrogen) atoms. The molecule has 0 radical (unpaired) electrons. The number of likely N-dealkylation sites (tertiary alicyclic amines) is 1. The average molecular weight is 388 g/mol. The van der Waals surface area contributed by atoms with Gasteiger partial charge < -0.3 is 15.3 Å². The lowest BCUT2D eigenvalue weighted by Gasteiger charge is -2.34. The van der Waals surface area contributed by atoms with Crippen molar-refractivity contribution in [3.8, 4) is 5.69 Å².